The Bertz CT molecular complexity index is 717. The van der Waals surface area contributed by atoms with Crippen molar-refractivity contribution in [2.45, 2.75) is 43.4 Å². The summed E-state index contributed by atoms with van der Waals surface area (Å²) in [5, 5.41) is 9.38. The number of aryl methyl sites for hydroxylation is 1. The van der Waals surface area contributed by atoms with Crippen molar-refractivity contribution < 1.29 is 8.42 Å². The summed E-state index contributed by atoms with van der Waals surface area (Å²) in [4.78, 5) is 0.241. The van der Waals surface area contributed by atoms with Crippen molar-refractivity contribution in [1.29, 1.82) is 0 Å². The van der Waals surface area contributed by atoms with Crippen molar-refractivity contribution in [3.63, 3.8) is 0 Å². The van der Waals surface area contributed by atoms with E-state index in [1.165, 1.54) is 24.2 Å². The van der Waals surface area contributed by atoms with Gasteiger partial charge in [0.2, 0.25) is 5.13 Å². The molecule has 1 fully saturated rings. The molecule has 1 aliphatic rings. The molecule has 21 heavy (non-hydrogen) atoms. The van der Waals surface area contributed by atoms with E-state index in [4.69, 9.17) is 0 Å². The van der Waals surface area contributed by atoms with Crippen LogP contribution in [-0.4, -0.2) is 18.6 Å². The van der Waals surface area contributed by atoms with E-state index in [9.17, 15) is 8.42 Å². The van der Waals surface area contributed by atoms with Crippen LogP contribution in [0.5, 0.6) is 0 Å². The van der Waals surface area contributed by atoms with Crippen LogP contribution in [0, 0.1) is 6.92 Å². The SMILES string of the molecule is Cc1ccc(S(=O)(=O)Nc2nnc(C3CCCC3)s2)cc1. The molecule has 5 nitrogen and oxygen atoms in total. The van der Waals surface area contributed by atoms with Crippen LogP contribution in [0.3, 0.4) is 0 Å². The highest BCUT2D eigenvalue weighted by Crippen LogP contribution is 2.36. The van der Waals surface area contributed by atoms with Crippen LogP contribution in [0.15, 0.2) is 29.2 Å². The minimum absolute atomic E-state index is 0.241. The number of anilines is 1. The van der Waals surface area contributed by atoms with Gasteiger partial charge in [0.05, 0.1) is 4.90 Å². The number of nitrogens with zero attached hydrogens (tertiary/aromatic N) is 2. The van der Waals surface area contributed by atoms with Gasteiger partial charge in [-0.3, -0.25) is 4.72 Å². The van der Waals surface area contributed by atoms with E-state index in [1.54, 1.807) is 24.3 Å². The highest BCUT2D eigenvalue weighted by atomic mass is 32.2. The standard InChI is InChI=1S/C14H17N3O2S2/c1-10-6-8-12(9-7-10)21(18,19)17-14-16-15-13(20-14)11-4-2-3-5-11/h6-9,11H,2-5H2,1H3,(H,16,17). The van der Waals surface area contributed by atoms with Gasteiger partial charge in [-0.05, 0) is 31.9 Å². The second-order valence-electron chi connectivity index (χ2n) is 5.35. The lowest BCUT2D eigenvalue weighted by molar-refractivity contribution is 0.601. The maximum atomic E-state index is 12.3. The molecule has 112 valence electrons. The normalized spacial score (nSPS) is 16.2. The largest absolute Gasteiger partial charge is 0.263 e. The topological polar surface area (TPSA) is 72.0 Å². The van der Waals surface area contributed by atoms with Crippen LogP contribution < -0.4 is 4.72 Å². The van der Waals surface area contributed by atoms with E-state index in [2.05, 4.69) is 14.9 Å². The molecule has 2 aromatic rings. The van der Waals surface area contributed by atoms with Gasteiger partial charge in [0, 0.05) is 5.92 Å². The predicted molar refractivity (Wildman–Crippen MR) is 83.1 cm³/mol. The van der Waals surface area contributed by atoms with E-state index in [0.29, 0.717) is 11.0 Å². The summed E-state index contributed by atoms with van der Waals surface area (Å²) in [6.45, 7) is 1.92. The van der Waals surface area contributed by atoms with E-state index < -0.39 is 10.0 Å². The van der Waals surface area contributed by atoms with Gasteiger partial charge in [0.1, 0.15) is 5.01 Å². The molecule has 1 aromatic heterocycles. The second-order valence-corrected chi connectivity index (χ2v) is 8.04. The predicted octanol–water partition coefficient (Wildman–Crippen LogP) is 3.30. The van der Waals surface area contributed by atoms with Gasteiger partial charge in [-0.1, -0.05) is 41.9 Å². The van der Waals surface area contributed by atoms with Gasteiger partial charge >= 0.3 is 0 Å². The highest BCUT2D eigenvalue weighted by molar-refractivity contribution is 7.93. The summed E-state index contributed by atoms with van der Waals surface area (Å²) in [6.07, 6.45) is 4.68. The molecule has 0 bridgehead atoms. The third-order valence-electron chi connectivity index (χ3n) is 3.70. The number of rotatable bonds is 4. The Morgan fingerprint density at radius 1 is 1.14 bits per heavy atom. The van der Waals surface area contributed by atoms with Crippen molar-refractivity contribution in [2.24, 2.45) is 0 Å². The monoisotopic (exact) mass is 323 g/mol. The highest BCUT2D eigenvalue weighted by Gasteiger charge is 2.23. The molecule has 0 unspecified atom stereocenters. The number of nitrogens with one attached hydrogen (secondary N) is 1. The van der Waals surface area contributed by atoms with Crippen LogP contribution in [0.1, 0.15) is 42.2 Å². The van der Waals surface area contributed by atoms with Crippen molar-refractivity contribution >= 4 is 26.5 Å². The molecule has 0 atom stereocenters. The van der Waals surface area contributed by atoms with Crippen LogP contribution >= 0.6 is 11.3 Å². The zero-order valence-electron chi connectivity index (χ0n) is 11.7. The number of benzene rings is 1. The smallest absolute Gasteiger partial charge is 0.253 e. The summed E-state index contributed by atoms with van der Waals surface area (Å²) in [5.74, 6) is 0.445. The second kappa shape index (κ2) is 5.73. The van der Waals surface area contributed by atoms with Crippen LogP contribution in [0.25, 0.3) is 0 Å². The summed E-state index contributed by atoms with van der Waals surface area (Å²) in [6, 6.07) is 6.74. The van der Waals surface area contributed by atoms with Crippen molar-refractivity contribution in [1.82, 2.24) is 10.2 Å². The number of hydrogen-bond donors (Lipinski definition) is 1. The van der Waals surface area contributed by atoms with Crippen molar-refractivity contribution in [2.75, 3.05) is 4.72 Å². The zero-order valence-corrected chi connectivity index (χ0v) is 13.4. The zero-order chi connectivity index (χ0) is 14.9. The third kappa shape index (κ3) is 3.24. The Hall–Kier alpha value is -1.47. The molecule has 0 aliphatic heterocycles. The van der Waals surface area contributed by atoms with E-state index in [0.717, 1.165) is 23.4 Å². The van der Waals surface area contributed by atoms with Crippen LogP contribution in [-0.2, 0) is 10.0 Å². The first kappa shape index (κ1) is 14.5. The molecule has 1 saturated carbocycles. The van der Waals surface area contributed by atoms with E-state index >= 15 is 0 Å². The molecule has 1 aliphatic carbocycles. The fraction of sp³-hybridized carbons (Fsp3) is 0.429. The lowest BCUT2D eigenvalue weighted by atomic mass is 10.1. The molecule has 1 heterocycles. The van der Waals surface area contributed by atoms with Gasteiger partial charge in [0.15, 0.2) is 0 Å². The molecular formula is C14H17N3O2S2. The molecular weight excluding hydrogens is 306 g/mol. The average Bonchev–Trinajstić information content (AvgIpc) is 3.09. The Balaban J connectivity index is 1.77. The molecule has 1 aromatic carbocycles. The minimum atomic E-state index is -3.58. The Morgan fingerprint density at radius 2 is 1.81 bits per heavy atom. The number of hydrogen-bond acceptors (Lipinski definition) is 5. The fourth-order valence-corrected chi connectivity index (χ4v) is 4.65. The summed E-state index contributed by atoms with van der Waals surface area (Å²) in [7, 11) is -3.58. The minimum Gasteiger partial charge on any atom is -0.253 e. The molecule has 0 amide bonds. The summed E-state index contributed by atoms with van der Waals surface area (Å²) >= 11 is 1.34. The maximum absolute atomic E-state index is 12.3. The molecule has 1 N–H and O–H groups in total. The van der Waals surface area contributed by atoms with Gasteiger partial charge in [-0.2, -0.15) is 0 Å². The third-order valence-corrected chi connectivity index (χ3v) is 6.18. The van der Waals surface area contributed by atoms with E-state index in [1.807, 2.05) is 6.92 Å². The van der Waals surface area contributed by atoms with Crippen molar-refractivity contribution in [3.8, 4) is 0 Å². The van der Waals surface area contributed by atoms with Gasteiger partial charge in [-0.25, -0.2) is 8.42 Å². The Morgan fingerprint density at radius 3 is 2.48 bits per heavy atom. The van der Waals surface area contributed by atoms with Gasteiger partial charge < -0.3 is 0 Å². The first-order valence-corrected chi connectivity index (χ1v) is 9.27. The summed E-state index contributed by atoms with van der Waals surface area (Å²) in [5.41, 5.74) is 1.02. The average molecular weight is 323 g/mol. The first-order chi connectivity index (χ1) is 10.0. The van der Waals surface area contributed by atoms with E-state index in [-0.39, 0.29) is 4.90 Å². The quantitative estimate of drug-likeness (QED) is 0.937. The molecule has 7 heteroatoms. The maximum Gasteiger partial charge on any atom is 0.263 e. The molecule has 0 saturated heterocycles. The van der Waals surface area contributed by atoms with Gasteiger partial charge in [-0.15, -0.1) is 10.2 Å². The van der Waals surface area contributed by atoms with Crippen LogP contribution in [0.4, 0.5) is 5.13 Å². The Kier molecular flexibility index (Phi) is 3.95. The fourth-order valence-electron chi connectivity index (χ4n) is 2.50. The lowest BCUT2D eigenvalue weighted by Gasteiger charge is -2.05. The summed E-state index contributed by atoms with van der Waals surface area (Å²) < 4.78 is 27.1. The number of aromatic nitrogens is 2. The molecule has 0 spiro atoms. The molecule has 0 radical (unpaired) electrons. The molecule has 3 rings (SSSR count). The first-order valence-electron chi connectivity index (χ1n) is 6.97. The number of sulfonamides is 1. The Labute approximate surface area is 128 Å². The van der Waals surface area contributed by atoms with Crippen molar-refractivity contribution in [3.05, 3.63) is 34.8 Å². The lowest BCUT2D eigenvalue weighted by Crippen LogP contribution is -2.12. The van der Waals surface area contributed by atoms with Crippen LogP contribution in [0.2, 0.25) is 0 Å². The van der Waals surface area contributed by atoms with Gasteiger partial charge in [0.25, 0.3) is 10.0 Å².